The van der Waals surface area contributed by atoms with Crippen LogP contribution < -0.4 is 10.1 Å². The maximum absolute atomic E-state index is 12.2. The summed E-state index contributed by atoms with van der Waals surface area (Å²) < 4.78 is 34.4. The number of benzene rings is 1. The third-order valence-electron chi connectivity index (χ3n) is 2.70. The highest BCUT2D eigenvalue weighted by Gasteiger charge is 2.08. The third-order valence-corrected chi connectivity index (χ3v) is 2.70. The van der Waals surface area contributed by atoms with Gasteiger partial charge in [0.05, 0.1) is 6.10 Å². The van der Waals surface area contributed by atoms with E-state index < -0.39 is 6.61 Å². The van der Waals surface area contributed by atoms with Gasteiger partial charge >= 0.3 is 6.61 Å². The molecule has 3 nitrogen and oxygen atoms in total. The first kappa shape index (κ1) is 16.9. The van der Waals surface area contributed by atoms with Crippen LogP contribution in [0.15, 0.2) is 24.3 Å². The third kappa shape index (κ3) is 7.40. The topological polar surface area (TPSA) is 30.5 Å². The van der Waals surface area contributed by atoms with Gasteiger partial charge in [-0.25, -0.2) is 0 Å². The van der Waals surface area contributed by atoms with Gasteiger partial charge < -0.3 is 14.8 Å². The van der Waals surface area contributed by atoms with Crippen molar-refractivity contribution >= 4 is 0 Å². The standard InChI is InChI=1S/C15H23F2NO2/c1-12(2)19-10-6-5-9-18-11-13-7-3-4-8-14(13)20-15(16)17/h3-4,7-8,12,15,18H,5-6,9-11H2,1-2H3. The average Bonchev–Trinajstić information content (AvgIpc) is 2.38. The molecule has 1 N–H and O–H groups in total. The zero-order chi connectivity index (χ0) is 14.8. The summed E-state index contributed by atoms with van der Waals surface area (Å²) in [6.07, 6.45) is 2.24. The molecule has 1 aromatic rings. The van der Waals surface area contributed by atoms with Gasteiger partial charge in [0, 0.05) is 18.7 Å². The lowest BCUT2D eigenvalue weighted by atomic mass is 10.2. The highest BCUT2D eigenvalue weighted by molar-refractivity contribution is 5.33. The number of nitrogens with one attached hydrogen (secondary N) is 1. The van der Waals surface area contributed by atoms with Crippen molar-refractivity contribution in [3.8, 4) is 5.75 Å². The van der Waals surface area contributed by atoms with E-state index in [1.165, 1.54) is 0 Å². The lowest BCUT2D eigenvalue weighted by Gasteiger charge is -2.11. The Morgan fingerprint density at radius 2 is 1.90 bits per heavy atom. The molecule has 0 aliphatic carbocycles. The molecule has 114 valence electrons. The maximum Gasteiger partial charge on any atom is 0.387 e. The van der Waals surface area contributed by atoms with Crippen molar-refractivity contribution in [1.29, 1.82) is 0 Å². The minimum absolute atomic E-state index is 0.234. The van der Waals surface area contributed by atoms with Crippen LogP contribution in [-0.2, 0) is 11.3 Å². The van der Waals surface area contributed by atoms with Crippen LogP contribution in [0.1, 0.15) is 32.3 Å². The fourth-order valence-corrected chi connectivity index (χ4v) is 1.75. The molecule has 5 heteroatoms. The lowest BCUT2D eigenvalue weighted by Crippen LogP contribution is -2.17. The molecule has 1 aromatic carbocycles. The van der Waals surface area contributed by atoms with E-state index in [4.69, 9.17) is 4.74 Å². The zero-order valence-corrected chi connectivity index (χ0v) is 12.1. The number of alkyl halides is 2. The Bertz CT molecular complexity index is 373. The van der Waals surface area contributed by atoms with E-state index in [-0.39, 0.29) is 11.9 Å². The van der Waals surface area contributed by atoms with Crippen LogP contribution in [0.2, 0.25) is 0 Å². The smallest absolute Gasteiger partial charge is 0.387 e. The number of unbranched alkanes of at least 4 members (excludes halogenated alkanes) is 1. The summed E-state index contributed by atoms with van der Waals surface area (Å²) in [6.45, 7) is 3.34. The van der Waals surface area contributed by atoms with E-state index in [0.717, 1.165) is 31.6 Å². The molecule has 0 unspecified atom stereocenters. The van der Waals surface area contributed by atoms with Gasteiger partial charge in [-0.3, -0.25) is 0 Å². The number of para-hydroxylation sites is 1. The maximum atomic E-state index is 12.2. The van der Waals surface area contributed by atoms with E-state index in [2.05, 4.69) is 10.1 Å². The number of rotatable bonds is 10. The Balaban J connectivity index is 2.21. The molecule has 0 aromatic heterocycles. The minimum Gasteiger partial charge on any atom is -0.434 e. The predicted octanol–water partition coefficient (Wildman–Crippen LogP) is 3.58. The number of halogens is 2. The molecular formula is C15H23F2NO2. The van der Waals surface area contributed by atoms with Crippen molar-refractivity contribution < 1.29 is 18.3 Å². The lowest BCUT2D eigenvalue weighted by molar-refractivity contribution is -0.0505. The van der Waals surface area contributed by atoms with Crippen molar-refractivity contribution in [2.75, 3.05) is 13.2 Å². The van der Waals surface area contributed by atoms with E-state index in [1.807, 2.05) is 19.9 Å². The van der Waals surface area contributed by atoms with E-state index >= 15 is 0 Å². The van der Waals surface area contributed by atoms with Gasteiger partial charge in [0.1, 0.15) is 5.75 Å². The molecule has 20 heavy (non-hydrogen) atoms. The normalized spacial score (nSPS) is 11.3. The van der Waals surface area contributed by atoms with Crippen molar-refractivity contribution in [3.05, 3.63) is 29.8 Å². The fraction of sp³-hybridized carbons (Fsp3) is 0.600. The molecule has 0 saturated heterocycles. The Morgan fingerprint density at radius 3 is 2.60 bits per heavy atom. The Labute approximate surface area is 119 Å². The van der Waals surface area contributed by atoms with Crippen molar-refractivity contribution in [3.63, 3.8) is 0 Å². The van der Waals surface area contributed by atoms with Crippen LogP contribution >= 0.6 is 0 Å². The summed E-state index contributed by atoms with van der Waals surface area (Å²) in [6, 6.07) is 6.84. The molecule has 0 atom stereocenters. The second kappa shape index (κ2) is 9.66. The Hall–Kier alpha value is -1.20. The molecule has 0 spiro atoms. The van der Waals surface area contributed by atoms with E-state index in [1.54, 1.807) is 18.2 Å². The molecule has 0 fully saturated rings. The van der Waals surface area contributed by atoms with Gasteiger partial charge in [0.2, 0.25) is 0 Å². The largest absolute Gasteiger partial charge is 0.434 e. The molecule has 0 heterocycles. The summed E-state index contributed by atoms with van der Waals surface area (Å²) in [7, 11) is 0. The quantitative estimate of drug-likeness (QED) is 0.667. The molecule has 0 aliphatic heterocycles. The van der Waals surface area contributed by atoms with Crippen LogP contribution in [-0.4, -0.2) is 25.9 Å². The molecule has 0 amide bonds. The molecule has 0 radical (unpaired) electrons. The van der Waals surface area contributed by atoms with Crippen LogP contribution in [0.3, 0.4) is 0 Å². The second-order valence-corrected chi connectivity index (χ2v) is 4.79. The first-order chi connectivity index (χ1) is 9.59. The highest BCUT2D eigenvalue weighted by atomic mass is 19.3. The van der Waals surface area contributed by atoms with Gasteiger partial charge in [0.15, 0.2) is 0 Å². The fourth-order valence-electron chi connectivity index (χ4n) is 1.75. The van der Waals surface area contributed by atoms with Crippen LogP contribution in [0.25, 0.3) is 0 Å². The number of ether oxygens (including phenoxy) is 2. The van der Waals surface area contributed by atoms with Crippen molar-refractivity contribution in [2.45, 2.75) is 45.9 Å². The SMILES string of the molecule is CC(C)OCCCCNCc1ccccc1OC(F)F. The molecule has 1 rings (SSSR count). The van der Waals surface area contributed by atoms with Crippen LogP contribution in [0.5, 0.6) is 5.75 Å². The van der Waals surface area contributed by atoms with Gasteiger partial charge in [0.25, 0.3) is 0 Å². The highest BCUT2D eigenvalue weighted by Crippen LogP contribution is 2.19. The van der Waals surface area contributed by atoms with Crippen molar-refractivity contribution in [1.82, 2.24) is 5.32 Å². The summed E-state index contributed by atoms with van der Waals surface area (Å²) in [4.78, 5) is 0. The number of hydrogen-bond donors (Lipinski definition) is 1. The first-order valence-corrected chi connectivity index (χ1v) is 6.94. The predicted molar refractivity (Wildman–Crippen MR) is 75.1 cm³/mol. The summed E-state index contributed by atoms with van der Waals surface area (Å²) in [5, 5.41) is 3.22. The zero-order valence-electron chi connectivity index (χ0n) is 12.1. The average molecular weight is 287 g/mol. The number of hydrogen-bond acceptors (Lipinski definition) is 3. The summed E-state index contributed by atoms with van der Waals surface area (Å²) >= 11 is 0. The van der Waals surface area contributed by atoms with Crippen LogP contribution in [0.4, 0.5) is 8.78 Å². The minimum atomic E-state index is -2.79. The Kier molecular flexibility index (Phi) is 8.14. The van der Waals surface area contributed by atoms with Crippen LogP contribution in [0, 0.1) is 0 Å². The Morgan fingerprint density at radius 1 is 1.15 bits per heavy atom. The van der Waals surface area contributed by atoms with E-state index in [0.29, 0.717) is 6.54 Å². The van der Waals surface area contributed by atoms with Crippen molar-refractivity contribution in [2.24, 2.45) is 0 Å². The summed E-state index contributed by atoms with van der Waals surface area (Å²) in [5.41, 5.74) is 0.742. The summed E-state index contributed by atoms with van der Waals surface area (Å²) in [5.74, 6) is 0.234. The van der Waals surface area contributed by atoms with E-state index in [9.17, 15) is 8.78 Å². The van der Waals surface area contributed by atoms with Gasteiger partial charge in [-0.15, -0.1) is 0 Å². The molecule has 0 saturated carbocycles. The van der Waals surface area contributed by atoms with Gasteiger partial charge in [-0.2, -0.15) is 8.78 Å². The molecule has 0 aliphatic rings. The molecule has 0 bridgehead atoms. The monoisotopic (exact) mass is 287 g/mol. The second-order valence-electron chi connectivity index (χ2n) is 4.79. The van der Waals surface area contributed by atoms with Gasteiger partial charge in [-0.1, -0.05) is 18.2 Å². The van der Waals surface area contributed by atoms with Gasteiger partial charge in [-0.05, 0) is 39.3 Å². The molecular weight excluding hydrogens is 264 g/mol. The first-order valence-electron chi connectivity index (χ1n) is 6.94.